The van der Waals surface area contributed by atoms with Crippen LogP contribution in [0.2, 0.25) is 5.02 Å². The molecule has 0 N–H and O–H groups in total. The maximum atomic E-state index is 12.8. The summed E-state index contributed by atoms with van der Waals surface area (Å²) in [6.45, 7) is 0.945. The predicted octanol–water partition coefficient (Wildman–Crippen LogP) is 2.98. The molecule has 1 aliphatic rings. The van der Waals surface area contributed by atoms with Crippen LogP contribution in [-0.2, 0) is 16.4 Å². The third-order valence-electron chi connectivity index (χ3n) is 4.65. The van der Waals surface area contributed by atoms with E-state index >= 15 is 0 Å². The van der Waals surface area contributed by atoms with Crippen LogP contribution in [0.25, 0.3) is 0 Å². The van der Waals surface area contributed by atoms with E-state index in [1.54, 1.807) is 42.5 Å². The molecule has 1 aromatic heterocycles. The molecule has 0 bridgehead atoms. The van der Waals surface area contributed by atoms with Gasteiger partial charge in [0.1, 0.15) is 0 Å². The average molecular weight is 408 g/mol. The standard InChI is InChI=1S/C19H22ClN3O3S/c1-22(12-8-15-6-9-21-10-7-15)19(24)17-14-16(4-5-18(17)20)23-11-2-3-13-27(23,25)26/h4-7,9-10,14H,2-3,8,11-13H2,1H3. The second-order valence-corrected chi connectivity index (χ2v) is 9.01. The second-order valence-electron chi connectivity index (χ2n) is 6.59. The van der Waals surface area contributed by atoms with Gasteiger partial charge >= 0.3 is 0 Å². The van der Waals surface area contributed by atoms with Gasteiger partial charge in [0.15, 0.2) is 0 Å². The number of pyridine rings is 1. The fraction of sp³-hybridized carbons (Fsp3) is 0.368. The lowest BCUT2D eigenvalue weighted by atomic mass is 10.1. The van der Waals surface area contributed by atoms with Crippen molar-refractivity contribution >= 4 is 33.2 Å². The zero-order valence-electron chi connectivity index (χ0n) is 15.1. The van der Waals surface area contributed by atoms with Crippen LogP contribution < -0.4 is 4.31 Å². The first-order chi connectivity index (χ1) is 12.9. The Hall–Kier alpha value is -2.12. The van der Waals surface area contributed by atoms with Gasteiger partial charge in [-0.2, -0.15) is 0 Å². The van der Waals surface area contributed by atoms with Crippen molar-refractivity contribution in [1.82, 2.24) is 9.88 Å². The molecule has 1 fully saturated rings. The zero-order valence-corrected chi connectivity index (χ0v) is 16.7. The third kappa shape index (κ3) is 4.59. The van der Waals surface area contributed by atoms with Gasteiger partial charge in [-0.25, -0.2) is 8.42 Å². The van der Waals surface area contributed by atoms with Crippen molar-refractivity contribution in [2.45, 2.75) is 19.3 Å². The van der Waals surface area contributed by atoms with Gasteiger partial charge in [-0.1, -0.05) is 11.6 Å². The maximum absolute atomic E-state index is 12.8. The maximum Gasteiger partial charge on any atom is 0.255 e. The number of carbonyl (C=O) groups is 1. The molecule has 0 aliphatic carbocycles. The number of hydrogen-bond donors (Lipinski definition) is 0. The van der Waals surface area contributed by atoms with Crippen molar-refractivity contribution in [3.8, 4) is 0 Å². The number of aromatic nitrogens is 1. The molecule has 2 aromatic rings. The Morgan fingerprint density at radius 3 is 2.67 bits per heavy atom. The van der Waals surface area contributed by atoms with Gasteiger partial charge in [0.25, 0.3) is 5.91 Å². The average Bonchev–Trinajstić information content (AvgIpc) is 2.67. The van der Waals surface area contributed by atoms with Crippen LogP contribution in [0.3, 0.4) is 0 Å². The first kappa shape index (κ1) is 19.6. The number of amides is 1. The van der Waals surface area contributed by atoms with E-state index in [2.05, 4.69) is 4.98 Å². The summed E-state index contributed by atoms with van der Waals surface area (Å²) >= 11 is 6.24. The number of benzene rings is 1. The highest BCUT2D eigenvalue weighted by Gasteiger charge is 2.27. The van der Waals surface area contributed by atoms with E-state index in [1.165, 1.54) is 4.31 Å². The van der Waals surface area contributed by atoms with Crippen molar-refractivity contribution in [3.05, 3.63) is 58.9 Å². The van der Waals surface area contributed by atoms with Crippen LogP contribution in [-0.4, -0.2) is 50.1 Å². The molecular formula is C19H22ClN3O3S. The molecule has 0 radical (unpaired) electrons. The fourth-order valence-corrected chi connectivity index (χ4v) is 4.89. The Labute approximate surface area is 164 Å². The monoisotopic (exact) mass is 407 g/mol. The molecule has 1 aromatic carbocycles. The smallest absolute Gasteiger partial charge is 0.255 e. The Kier molecular flexibility index (Phi) is 6.01. The highest BCUT2D eigenvalue weighted by atomic mass is 35.5. The summed E-state index contributed by atoms with van der Waals surface area (Å²) < 4.78 is 26.0. The van der Waals surface area contributed by atoms with E-state index in [0.29, 0.717) is 42.2 Å². The van der Waals surface area contributed by atoms with Crippen molar-refractivity contribution in [3.63, 3.8) is 0 Å². The first-order valence-corrected chi connectivity index (χ1v) is 10.8. The number of halogens is 1. The molecule has 3 rings (SSSR count). The molecule has 0 saturated carbocycles. The van der Waals surface area contributed by atoms with Crippen LogP contribution in [0.1, 0.15) is 28.8 Å². The van der Waals surface area contributed by atoms with Gasteiger partial charge in [-0.3, -0.25) is 14.1 Å². The number of likely N-dealkylation sites (N-methyl/N-ethyl adjacent to an activating group) is 1. The minimum Gasteiger partial charge on any atom is -0.341 e. The van der Waals surface area contributed by atoms with Crippen LogP contribution in [0, 0.1) is 0 Å². The number of nitrogens with zero attached hydrogens (tertiary/aromatic N) is 3. The fourth-order valence-electron chi connectivity index (χ4n) is 3.06. The van der Waals surface area contributed by atoms with Gasteiger partial charge in [0.05, 0.1) is 22.0 Å². The summed E-state index contributed by atoms with van der Waals surface area (Å²) in [6, 6.07) is 8.64. The number of anilines is 1. The number of carbonyl (C=O) groups excluding carboxylic acids is 1. The molecule has 1 amide bonds. The van der Waals surface area contributed by atoms with Crippen molar-refractivity contribution in [2.24, 2.45) is 0 Å². The molecule has 6 nitrogen and oxygen atoms in total. The zero-order chi connectivity index (χ0) is 19.4. The first-order valence-electron chi connectivity index (χ1n) is 8.83. The highest BCUT2D eigenvalue weighted by molar-refractivity contribution is 7.92. The van der Waals surface area contributed by atoms with Crippen molar-refractivity contribution < 1.29 is 13.2 Å². The Bertz CT molecular complexity index is 919. The van der Waals surface area contributed by atoms with Gasteiger partial charge < -0.3 is 4.90 Å². The number of rotatable bonds is 5. The summed E-state index contributed by atoms with van der Waals surface area (Å²) in [5.41, 5.74) is 1.89. The molecule has 27 heavy (non-hydrogen) atoms. The summed E-state index contributed by atoms with van der Waals surface area (Å²) in [4.78, 5) is 18.4. The van der Waals surface area contributed by atoms with E-state index in [4.69, 9.17) is 11.6 Å². The summed E-state index contributed by atoms with van der Waals surface area (Å²) in [7, 11) is -1.63. The van der Waals surface area contributed by atoms with E-state index in [1.807, 2.05) is 12.1 Å². The second kappa shape index (κ2) is 8.27. The molecular weight excluding hydrogens is 386 g/mol. The van der Waals surface area contributed by atoms with E-state index in [9.17, 15) is 13.2 Å². The van der Waals surface area contributed by atoms with Gasteiger partial charge in [0.2, 0.25) is 10.0 Å². The molecule has 0 spiro atoms. The lowest BCUT2D eigenvalue weighted by Crippen LogP contribution is -2.38. The Balaban J connectivity index is 1.78. The molecule has 0 unspecified atom stereocenters. The quantitative estimate of drug-likeness (QED) is 0.763. The molecule has 1 aliphatic heterocycles. The van der Waals surface area contributed by atoms with Gasteiger partial charge in [0, 0.05) is 32.5 Å². The number of hydrogen-bond acceptors (Lipinski definition) is 4. The third-order valence-corrected chi connectivity index (χ3v) is 6.85. The van der Waals surface area contributed by atoms with Crippen molar-refractivity contribution in [1.29, 1.82) is 0 Å². The largest absolute Gasteiger partial charge is 0.341 e. The lowest BCUT2D eigenvalue weighted by Gasteiger charge is -2.29. The Morgan fingerprint density at radius 1 is 1.22 bits per heavy atom. The normalized spacial score (nSPS) is 16.1. The minimum atomic E-state index is -3.34. The SMILES string of the molecule is CN(CCc1ccncc1)C(=O)c1cc(N2CCCCS2(=O)=O)ccc1Cl. The topological polar surface area (TPSA) is 70.6 Å². The molecule has 8 heteroatoms. The highest BCUT2D eigenvalue weighted by Crippen LogP contribution is 2.28. The lowest BCUT2D eigenvalue weighted by molar-refractivity contribution is 0.0797. The Morgan fingerprint density at radius 2 is 1.96 bits per heavy atom. The minimum absolute atomic E-state index is 0.130. The van der Waals surface area contributed by atoms with Crippen LogP contribution in [0.4, 0.5) is 5.69 Å². The van der Waals surface area contributed by atoms with Gasteiger partial charge in [-0.15, -0.1) is 0 Å². The van der Waals surface area contributed by atoms with Crippen LogP contribution >= 0.6 is 11.6 Å². The molecule has 144 valence electrons. The van der Waals surface area contributed by atoms with Crippen molar-refractivity contribution in [2.75, 3.05) is 30.2 Å². The molecule has 0 atom stereocenters. The van der Waals surface area contributed by atoms with Crippen LogP contribution in [0.15, 0.2) is 42.7 Å². The summed E-state index contributed by atoms with van der Waals surface area (Å²) in [6.07, 6.45) is 5.60. The van der Waals surface area contributed by atoms with E-state index in [-0.39, 0.29) is 11.7 Å². The summed E-state index contributed by atoms with van der Waals surface area (Å²) in [5.74, 6) is -0.101. The van der Waals surface area contributed by atoms with E-state index in [0.717, 1.165) is 12.0 Å². The predicted molar refractivity (Wildman–Crippen MR) is 107 cm³/mol. The molecule has 2 heterocycles. The van der Waals surface area contributed by atoms with E-state index < -0.39 is 10.0 Å². The number of sulfonamides is 1. The summed E-state index contributed by atoms with van der Waals surface area (Å²) in [5, 5.41) is 0.314. The van der Waals surface area contributed by atoms with Crippen LogP contribution in [0.5, 0.6) is 0 Å². The molecule has 1 saturated heterocycles. The van der Waals surface area contributed by atoms with Gasteiger partial charge in [-0.05, 0) is 55.2 Å².